The van der Waals surface area contributed by atoms with Crippen molar-refractivity contribution in [3.05, 3.63) is 58.1 Å². The molecule has 186 valence electrons. The Morgan fingerprint density at radius 2 is 1.74 bits per heavy atom. The second-order valence-electron chi connectivity index (χ2n) is 8.04. The van der Waals surface area contributed by atoms with Crippen molar-refractivity contribution in [2.45, 2.75) is 39.4 Å². The molecule has 0 aliphatic carbocycles. The van der Waals surface area contributed by atoms with Gasteiger partial charge in [-0.2, -0.15) is 0 Å². The highest BCUT2D eigenvalue weighted by Crippen LogP contribution is 2.30. The van der Waals surface area contributed by atoms with E-state index in [4.69, 9.17) is 27.9 Å². The highest BCUT2D eigenvalue weighted by molar-refractivity contribution is 7.92. The van der Waals surface area contributed by atoms with Crippen LogP contribution < -0.4 is 14.4 Å². The fourth-order valence-electron chi connectivity index (χ4n) is 3.25. The second kappa shape index (κ2) is 11.8. The van der Waals surface area contributed by atoms with E-state index in [1.807, 2.05) is 0 Å². The van der Waals surface area contributed by atoms with Crippen molar-refractivity contribution in [1.82, 2.24) is 10.2 Å². The summed E-state index contributed by atoms with van der Waals surface area (Å²) in [6.07, 6.45) is 1.00. The van der Waals surface area contributed by atoms with Gasteiger partial charge in [0.2, 0.25) is 21.8 Å². The summed E-state index contributed by atoms with van der Waals surface area (Å²) >= 11 is 12.3. The number of anilines is 1. The summed E-state index contributed by atoms with van der Waals surface area (Å²) in [4.78, 5) is 27.6. The second-order valence-corrected chi connectivity index (χ2v) is 10.8. The summed E-state index contributed by atoms with van der Waals surface area (Å²) in [5.41, 5.74) is 0.774. The van der Waals surface area contributed by atoms with Gasteiger partial charge in [-0.15, -0.1) is 0 Å². The number of carbonyl (C=O) groups is 2. The van der Waals surface area contributed by atoms with E-state index in [0.717, 1.165) is 10.6 Å². The van der Waals surface area contributed by atoms with Crippen LogP contribution in [0, 0.1) is 0 Å². The van der Waals surface area contributed by atoms with Crippen molar-refractivity contribution in [3.63, 3.8) is 0 Å². The molecule has 0 bridgehead atoms. The van der Waals surface area contributed by atoms with Gasteiger partial charge in [0.05, 0.1) is 19.1 Å². The Morgan fingerprint density at radius 1 is 1.09 bits per heavy atom. The lowest BCUT2D eigenvalue weighted by Crippen LogP contribution is -2.52. The minimum atomic E-state index is -3.87. The molecule has 2 aromatic carbocycles. The topological polar surface area (TPSA) is 96.0 Å². The molecule has 2 aromatic rings. The first-order valence-corrected chi connectivity index (χ1v) is 13.1. The Bertz CT molecular complexity index is 1140. The Balaban J connectivity index is 2.46. The predicted molar refractivity (Wildman–Crippen MR) is 135 cm³/mol. The van der Waals surface area contributed by atoms with Crippen molar-refractivity contribution < 1.29 is 22.7 Å². The number of carbonyl (C=O) groups excluding carboxylic acids is 2. The molecule has 0 saturated carbocycles. The van der Waals surface area contributed by atoms with Crippen LogP contribution in [0.5, 0.6) is 5.75 Å². The third-order valence-electron chi connectivity index (χ3n) is 4.99. The van der Waals surface area contributed by atoms with Crippen molar-refractivity contribution in [3.8, 4) is 5.75 Å². The predicted octanol–water partition coefficient (Wildman–Crippen LogP) is 3.71. The molecule has 2 rings (SSSR count). The molecule has 34 heavy (non-hydrogen) atoms. The van der Waals surface area contributed by atoms with Gasteiger partial charge in [-0.1, -0.05) is 41.4 Å². The van der Waals surface area contributed by atoms with Crippen LogP contribution in [0.3, 0.4) is 0 Å². The highest BCUT2D eigenvalue weighted by atomic mass is 35.5. The van der Waals surface area contributed by atoms with E-state index in [9.17, 15) is 18.0 Å². The quantitative estimate of drug-likeness (QED) is 0.506. The van der Waals surface area contributed by atoms with Gasteiger partial charge < -0.3 is 15.0 Å². The highest BCUT2D eigenvalue weighted by Gasteiger charge is 2.31. The Morgan fingerprint density at radius 3 is 2.29 bits per heavy atom. The van der Waals surface area contributed by atoms with Crippen LogP contribution in [0.25, 0.3) is 0 Å². The van der Waals surface area contributed by atoms with E-state index in [0.29, 0.717) is 21.4 Å². The number of ether oxygens (including phenoxy) is 1. The van der Waals surface area contributed by atoms with E-state index >= 15 is 0 Å². The van der Waals surface area contributed by atoms with Crippen LogP contribution in [-0.2, 0) is 26.2 Å². The average Bonchev–Trinajstić information content (AvgIpc) is 2.75. The molecule has 0 spiro atoms. The fraction of sp³-hybridized carbons (Fsp3) is 0.391. The minimum Gasteiger partial charge on any atom is -0.495 e. The standard InChI is InChI=1S/C23H29Cl2N3O5S/c1-15(2)26-23(30)16(3)27(13-17-10-11-18(24)12-19(17)25)22(29)14-28(34(5,31)32)20-8-6-7-9-21(20)33-4/h6-12,15-16H,13-14H2,1-5H3,(H,26,30). The zero-order valence-electron chi connectivity index (χ0n) is 19.7. The number of para-hydroxylation sites is 2. The van der Waals surface area contributed by atoms with Crippen LogP contribution in [0.2, 0.25) is 10.0 Å². The number of hydrogen-bond acceptors (Lipinski definition) is 5. The number of sulfonamides is 1. The largest absolute Gasteiger partial charge is 0.495 e. The zero-order chi connectivity index (χ0) is 25.6. The van der Waals surface area contributed by atoms with Gasteiger partial charge in [0.1, 0.15) is 18.3 Å². The summed E-state index contributed by atoms with van der Waals surface area (Å²) in [5.74, 6) is -0.677. The third kappa shape index (κ3) is 7.25. The maximum Gasteiger partial charge on any atom is 0.244 e. The number of methoxy groups -OCH3 is 1. The maximum absolute atomic E-state index is 13.5. The van der Waals surface area contributed by atoms with Gasteiger partial charge in [-0.25, -0.2) is 8.42 Å². The molecular weight excluding hydrogens is 501 g/mol. The molecule has 1 unspecified atom stereocenters. The number of nitrogens with one attached hydrogen (secondary N) is 1. The molecule has 11 heteroatoms. The molecular formula is C23H29Cl2N3O5S. The normalized spacial score (nSPS) is 12.2. The van der Waals surface area contributed by atoms with Crippen molar-refractivity contribution >= 4 is 50.7 Å². The fourth-order valence-corrected chi connectivity index (χ4v) is 4.57. The van der Waals surface area contributed by atoms with Crippen LogP contribution >= 0.6 is 23.2 Å². The molecule has 0 fully saturated rings. The van der Waals surface area contributed by atoms with E-state index in [1.54, 1.807) is 57.2 Å². The molecule has 0 radical (unpaired) electrons. The van der Waals surface area contributed by atoms with Crippen LogP contribution in [0.4, 0.5) is 5.69 Å². The molecule has 0 aliphatic heterocycles. The molecule has 0 heterocycles. The third-order valence-corrected chi connectivity index (χ3v) is 6.70. The average molecular weight is 530 g/mol. The molecule has 1 atom stereocenters. The number of halogens is 2. The number of nitrogens with zero attached hydrogens (tertiary/aromatic N) is 2. The number of rotatable bonds is 10. The molecule has 2 amide bonds. The first kappa shape index (κ1) is 27.8. The van der Waals surface area contributed by atoms with Crippen LogP contribution in [0.1, 0.15) is 26.3 Å². The number of benzene rings is 2. The SMILES string of the molecule is COc1ccccc1N(CC(=O)N(Cc1ccc(Cl)cc1Cl)C(C)C(=O)NC(C)C)S(C)(=O)=O. The summed E-state index contributed by atoms with van der Waals surface area (Å²) in [6.45, 7) is 4.63. The number of hydrogen-bond donors (Lipinski definition) is 1. The molecule has 8 nitrogen and oxygen atoms in total. The van der Waals surface area contributed by atoms with Gasteiger partial charge in [-0.05, 0) is 50.6 Å². The monoisotopic (exact) mass is 529 g/mol. The van der Waals surface area contributed by atoms with Gasteiger partial charge in [0, 0.05) is 22.6 Å². The summed E-state index contributed by atoms with van der Waals surface area (Å²) in [6, 6.07) is 10.3. The molecule has 0 saturated heterocycles. The summed E-state index contributed by atoms with van der Waals surface area (Å²) in [5, 5.41) is 3.53. The maximum atomic E-state index is 13.5. The molecule has 0 aliphatic rings. The van der Waals surface area contributed by atoms with Crippen LogP contribution in [-0.4, -0.2) is 57.1 Å². The van der Waals surface area contributed by atoms with Crippen molar-refractivity contribution in [2.24, 2.45) is 0 Å². The molecule has 0 aromatic heterocycles. The Hall–Kier alpha value is -2.49. The Kier molecular flexibility index (Phi) is 9.61. The van der Waals surface area contributed by atoms with E-state index in [1.165, 1.54) is 18.1 Å². The van der Waals surface area contributed by atoms with Gasteiger partial charge >= 0.3 is 0 Å². The van der Waals surface area contributed by atoms with Gasteiger partial charge in [0.25, 0.3) is 0 Å². The van der Waals surface area contributed by atoms with E-state index in [-0.39, 0.29) is 24.2 Å². The van der Waals surface area contributed by atoms with E-state index < -0.39 is 28.5 Å². The first-order valence-electron chi connectivity index (χ1n) is 10.5. The smallest absolute Gasteiger partial charge is 0.244 e. The van der Waals surface area contributed by atoms with E-state index in [2.05, 4.69) is 5.32 Å². The lowest BCUT2D eigenvalue weighted by molar-refractivity contribution is -0.139. The first-order chi connectivity index (χ1) is 15.8. The van der Waals surface area contributed by atoms with Gasteiger partial charge in [0.15, 0.2) is 0 Å². The number of amides is 2. The summed E-state index contributed by atoms with van der Waals surface area (Å²) < 4.78 is 31.5. The lowest BCUT2D eigenvalue weighted by Gasteiger charge is -2.32. The van der Waals surface area contributed by atoms with Crippen molar-refractivity contribution in [2.75, 3.05) is 24.2 Å². The Labute approximate surface area is 210 Å². The zero-order valence-corrected chi connectivity index (χ0v) is 22.0. The van der Waals surface area contributed by atoms with Crippen molar-refractivity contribution in [1.29, 1.82) is 0 Å². The molecule has 1 N–H and O–H groups in total. The van der Waals surface area contributed by atoms with Crippen LogP contribution in [0.15, 0.2) is 42.5 Å². The van der Waals surface area contributed by atoms with Gasteiger partial charge in [-0.3, -0.25) is 13.9 Å². The summed E-state index contributed by atoms with van der Waals surface area (Å²) in [7, 11) is -2.46. The lowest BCUT2D eigenvalue weighted by atomic mass is 10.1. The minimum absolute atomic E-state index is 0.0228.